The maximum Gasteiger partial charge on any atom is 0.137 e. The van der Waals surface area contributed by atoms with Crippen LogP contribution in [0.5, 0.6) is 0 Å². The summed E-state index contributed by atoms with van der Waals surface area (Å²) in [5, 5.41) is 0.752. The lowest BCUT2D eigenvalue weighted by Gasteiger charge is -2.17. The number of nitrogens with zero attached hydrogens (tertiary/aromatic N) is 3. The van der Waals surface area contributed by atoms with Gasteiger partial charge in [0.2, 0.25) is 0 Å². The van der Waals surface area contributed by atoms with E-state index in [1.807, 2.05) is 18.2 Å². The van der Waals surface area contributed by atoms with E-state index in [9.17, 15) is 0 Å². The third-order valence-electron chi connectivity index (χ3n) is 6.48. The first-order chi connectivity index (χ1) is 12.7. The second-order valence-electron chi connectivity index (χ2n) is 7.97. The molecule has 0 N–H and O–H groups in total. The van der Waals surface area contributed by atoms with Crippen LogP contribution in [-0.2, 0) is 11.3 Å². The fraction of sp³-hybridized carbons (Fsp3) is 0.381. The quantitative estimate of drug-likeness (QED) is 0.705. The molecule has 3 unspecified atom stereocenters. The minimum atomic E-state index is 0.436. The Hall–Kier alpha value is -1.88. The van der Waals surface area contributed by atoms with Gasteiger partial charge in [-0.15, -0.1) is 0 Å². The highest BCUT2D eigenvalue weighted by atomic mass is 35.5. The van der Waals surface area contributed by atoms with Crippen LogP contribution in [0.3, 0.4) is 0 Å². The van der Waals surface area contributed by atoms with Crippen LogP contribution < -0.4 is 0 Å². The molecule has 1 aromatic carbocycles. The third-order valence-corrected chi connectivity index (χ3v) is 6.73. The summed E-state index contributed by atoms with van der Waals surface area (Å²) >= 11 is 6.08. The van der Waals surface area contributed by atoms with E-state index in [4.69, 9.17) is 21.3 Å². The zero-order chi connectivity index (χ0) is 17.3. The molecule has 5 heteroatoms. The summed E-state index contributed by atoms with van der Waals surface area (Å²) in [5.41, 5.74) is 4.87. The number of halogens is 1. The van der Waals surface area contributed by atoms with E-state index in [2.05, 4.69) is 39.8 Å². The van der Waals surface area contributed by atoms with Crippen molar-refractivity contribution in [2.45, 2.75) is 19.1 Å². The predicted octanol–water partition coefficient (Wildman–Crippen LogP) is 3.88. The molecule has 2 aromatic heterocycles. The first-order valence-corrected chi connectivity index (χ1v) is 9.67. The van der Waals surface area contributed by atoms with Gasteiger partial charge < -0.3 is 9.14 Å². The molecule has 3 aromatic rings. The van der Waals surface area contributed by atoms with Crippen LogP contribution >= 0.6 is 11.6 Å². The first-order valence-electron chi connectivity index (χ1n) is 9.29. The van der Waals surface area contributed by atoms with Gasteiger partial charge in [0.1, 0.15) is 5.65 Å². The van der Waals surface area contributed by atoms with Crippen LogP contribution in [-0.4, -0.2) is 40.1 Å². The number of ether oxygens (including phenoxy) is 1. The van der Waals surface area contributed by atoms with Crippen molar-refractivity contribution in [1.29, 1.82) is 0 Å². The lowest BCUT2D eigenvalue weighted by molar-refractivity contribution is 0.0708. The van der Waals surface area contributed by atoms with Crippen LogP contribution in [0.15, 0.2) is 48.7 Å². The topological polar surface area (TPSA) is 29.8 Å². The molecule has 132 valence electrons. The largest absolute Gasteiger partial charge is 0.376 e. The number of rotatable bonds is 3. The van der Waals surface area contributed by atoms with Gasteiger partial charge in [-0.25, -0.2) is 4.98 Å². The van der Waals surface area contributed by atoms with Gasteiger partial charge in [-0.2, -0.15) is 0 Å². The minimum Gasteiger partial charge on any atom is -0.376 e. The van der Waals surface area contributed by atoms with Crippen LogP contribution in [0.25, 0.3) is 16.9 Å². The summed E-state index contributed by atoms with van der Waals surface area (Å²) in [6.45, 7) is 4.07. The van der Waals surface area contributed by atoms with Crippen LogP contribution in [0.1, 0.15) is 12.1 Å². The Balaban J connectivity index is 1.40. The fourth-order valence-electron chi connectivity index (χ4n) is 5.03. The molecule has 26 heavy (non-hydrogen) atoms. The summed E-state index contributed by atoms with van der Waals surface area (Å²) in [4.78, 5) is 7.47. The van der Waals surface area contributed by atoms with Crippen molar-refractivity contribution in [3.8, 4) is 11.3 Å². The fourth-order valence-corrected chi connectivity index (χ4v) is 5.16. The zero-order valence-corrected chi connectivity index (χ0v) is 15.2. The number of hydrogen-bond donors (Lipinski definition) is 0. The van der Waals surface area contributed by atoms with Crippen molar-refractivity contribution in [2.24, 2.45) is 11.3 Å². The van der Waals surface area contributed by atoms with E-state index in [0.717, 1.165) is 54.1 Å². The Morgan fingerprint density at radius 1 is 1.19 bits per heavy atom. The second kappa shape index (κ2) is 5.32. The molecular weight excluding hydrogens is 346 g/mol. The Morgan fingerprint density at radius 3 is 2.88 bits per heavy atom. The van der Waals surface area contributed by atoms with E-state index in [1.54, 1.807) is 0 Å². The van der Waals surface area contributed by atoms with Gasteiger partial charge in [-0.1, -0.05) is 29.8 Å². The molecule has 3 aliphatic rings. The monoisotopic (exact) mass is 365 g/mol. The van der Waals surface area contributed by atoms with Crippen LogP contribution in [0, 0.1) is 11.3 Å². The van der Waals surface area contributed by atoms with E-state index < -0.39 is 0 Å². The number of imidazole rings is 1. The van der Waals surface area contributed by atoms with Crippen molar-refractivity contribution < 1.29 is 4.74 Å². The number of likely N-dealkylation sites (tertiary alicyclic amines) is 1. The second-order valence-corrected chi connectivity index (χ2v) is 8.41. The molecule has 1 saturated carbocycles. The van der Waals surface area contributed by atoms with Gasteiger partial charge in [0.15, 0.2) is 0 Å². The molecule has 2 aliphatic heterocycles. The van der Waals surface area contributed by atoms with Crippen LogP contribution in [0.2, 0.25) is 5.02 Å². The summed E-state index contributed by atoms with van der Waals surface area (Å²) in [6, 6.07) is 14.2. The van der Waals surface area contributed by atoms with Crippen LogP contribution in [0.4, 0.5) is 0 Å². The smallest absolute Gasteiger partial charge is 0.137 e. The summed E-state index contributed by atoms with van der Waals surface area (Å²) in [5.74, 6) is 0.801. The lowest BCUT2D eigenvalue weighted by atomic mass is 10.0. The van der Waals surface area contributed by atoms with Gasteiger partial charge >= 0.3 is 0 Å². The lowest BCUT2D eigenvalue weighted by Crippen LogP contribution is -2.24. The molecule has 0 bridgehead atoms. The third kappa shape index (κ3) is 2.13. The average Bonchev–Trinajstić information content (AvgIpc) is 2.93. The molecule has 0 amide bonds. The van der Waals surface area contributed by atoms with Crippen molar-refractivity contribution >= 4 is 17.2 Å². The normalized spacial score (nSPS) is 29.9. The minimum absolute atomic E-state index is 0.436. The predicted molar refractivity (Wildman–Crippen MR) is 101 cm³/mol. The Morgan fingerprint density at radius 2 is 2.08 bits per heavy atom. The molecule has 3 fully saturated rings. The summed E-state index contributed by atoms with van der Waals surface area (Å²) in [7, 11) is 0. The zero-order valence-electron chi connectivity index (χ0n) is 14.4. The molecule has 6 rings (SSSR count). The summed E-state index contributed by atoms with van der Waals surface area (Å²) in [6.07, 6.45) is 3.90. The highest BCUT2D eigenvalue weighted by Gasteiger charge is 2.67. The van der Waals surface area contributed by atoms with E-state index in [0.29, 0.717) is 11.5 Å². The molecule has 2 saturated heterocycles. The number of pyridine rings is 1. The molecule has 0 radical (unpaired) electrons. The molecule has 4 heterocycles. The van der Waals surface area contributed by atoms with Gasteiger partial charge in [0, 0.05) is 41.8 Å². The maximum absolute atomic E-state index is 6.08. The van der Waals surface area contributed by atoms with E-state index in [-0.39, 0.29) is 0 Å². The molecule has 4 nitrogen and oxygen atoms in total. The standard InChI is InChI=1S/C21H20ClN3O/c22-16-6-4-14(5-7-16)20-17(25-8-2-1-3-19(25)23-20)10-24-11-18-21(13-24)9-15(21)12-26-18/h1-8,15,18H,9-13H2. The van der Waals surface area contributed by atoms with Gasteiger partial charge in [-0.05, 0) is 36.6 Å². The Labute approximate surface area is 157 Å². The number of benzene rings is 1. The SMILES string of the molecule is Clc1ccc(-c2nc3ccccn3c2CN2CC3OCC4CC43C2)cc1. The van der Waals surface area contributed by atoms with Gasteiger partial charge in [-0.3, -0.25) is 4.90 Å². The Kier molecular flexibility index (Phi) is 3.11. The highest BCUT2D eigenvalue weighted by molar-refractivity contribution is 6.30. The van der Waals surface area contributed by atoms with Crippen molar-refractivity contribution in [3.05, 3.63) is 59.4 Å². The molecule has 3 atom stereocenters. The van der Waals surface area contributed by atoms with E-state index >= 15 is 0 Å². The van der Waals surface area contributed by atoms with Gasteiger partial charge in [0.05, 0.1) is 24.1 Å². The molecular formula is C21H20ClN3O. The number of hydrogen-bond acceptors (Lipinski definition) is 3. The average molecular weight is 366 g/mol. The van der Waals surface area contributed by atoms with Crippen molar-refractivity contribution in [3.63, 3.8) is 0 Å². The molecule has 1 spiro atoms. The Bertz CT molecular complexity index is 998. The maximum atomic E-state index is 6.08. The van der Waals surface area contributed by atoms with E-state index in [1.165, 1.54) is 12.1 Å². The first kappa shape index (κ1) is 15.2. The molecule has 1 aliphatic carbocycles. The van der Waals surface area contributed by atoms with Crippen molar-refractivity contribution in [2.75, 3.05) is 19.7 Å². The summed E-state index contributed by atoms with van der Waals surface area (Å²) < 4.78 is 8.24. The number of fused-ring (bicyclic) bond motifs is 1. The van der Waals surface area contributed by atoms with Crippen molar-refractivity contribution in [1.82, 2.24) is 14.3 Å². The van der Waals surface area contributed by atoms with Gasteiger partial charge in [0.25, 0.3) is 0 Å². The number of aromatic nitrogens is 2. The highest BCUT2D eigenvalue weighted by Crippen LogP contribution is 2.63.